The van der Waals surface area contributed by atoms with Crippen LogP contribution in [0.3, 0.4) is 0 Å². The highest BCUT2D eigenvalue weighted by Crippen LogP contribution is 2.30. The number of hydrogen-bond acceptors (Lipinski definition) is 6. The SMILES string of the molecule is COc1cccc(C(=O)N(CC2CC2)CC2CN(C(=O)c3cnc4ccccc4n3)CCO2)c1. The Kier molecular flexibility index (Phi) is 6.40. The fourth-order valence-electron chi connectivity index (χ4n) is 4.27. The van der Waals surface area contributed by atoms with E-state index in [1.807, 2.05) is 41.3 Å². The first-order valence-corrected chi connectivity index (χ1v) is 11.7. The second-order valence-corrected chi connectivity index (χ2v) is 8.87. The molecule has 1 aliphatic heterocycles. The van der Waals surface area contributed by atoms with Crippen molar-refractivity contribution in [1.29, 1.82) is 0 Å². The van der Waals surface area contributed by atoms with Crippen LogP contribution in [-0.4, -0.2) is 77.6 Å². The maximum Gasteiger partial charge on any atom is 0.274 e. The Bertz CT molecular complexity index is 1200. The van der Waals surface area contributed by atoms with Crippen LogP contribution in [-0.2, 0) is 4.74 Å². The molecule has 1 aliphatic carbocycles. The van der Waals surface area contributed by atoms with Gasteiger partial charge in [-0.15, -0.1) is 0 Å². The molecule has 2 heterocycles. The van der Waals surface area contributed by atoms with Crippen molar-refractivity contribution < 1.29 is 19.1 Å². The van der Waals surface area contributed by atoms with E-state index in [1.165, 1.54) is 6.20 Å². The van der Waals surface area contributed by atoms with Gasteiger partial charge >= 0.3 is 0 Å². The van der Waals surface area contributed by atoms with Gasteiger partial charge in [0.1, 0.15) is 11.4 Å². The van der Waals surface area contributed by atoms with E-state index in [1.54, 1.807) is 24.1 Å². The first-order valence-electron chi connectivity index (χ1n) is 11.7. The average Bonchev–Trinajstić information content (AvgIpc) is 3.71. The lowest BCUT2D eigenvalue weighted by Crippen LogP contribution is -2.51. The summed E-state index contributed by atoms with van der Waals surface area (Å²) in [6.07, 6.45) is 3.54. The number of rotatable bonds is 7. The van der Waals surface area contributed by atoms with Gasteiger partial charge in [-0.25, -0.2) is 4.98 Å². The molecule has 1 saturated heterocycles. The number of hydrogen-bond donors (Lipinski definition) is 0. The molecule has 1 atom stereocenters. The topological polar surface area (TPSA) is 84.9 Å². The molecule has 8 nitrogen and oxygen atoms in total. The highest BCUT2D eigenvalue weighted by molar-refractivity contribution is 5.95. The number of methoxy groups -OCH3 is 1. The summed E-state index contributed by atoms with van der Waals surface area (Å²) in [5, 5.41) is 0. The molecule has 1 unspecified atom stereocenters. The van der Waals surface area contributed by atoms with Crippen molar-refractivity contribution in [3.8, 4) is 5.75 Å². The Hall–Kier alpha value is -3.52. The molecule has 0 spiro atoms. The molecule has 34 heavy (non-hydrogen) atoms. The minimum absolute atomic E-state index is 0.0433. The maximum atomic E-state index is 13.3. The van der Waals surface area contributed by atoms with E-state index in [0.717, 1.165) is 18.4 Å². The van der Waals surface area contributed by atoms with E-state index in [0.29, 0.717) is 61.2 Å². The third-order valence-electron chi connectivity index (χ3n) is 6.30. The number of morpholine rings is 1. The zero-order valence-corrected chi connectivity index (χ0v) is 19.2. The van der Waals surface area contributed by atoms with Gasteiger partial charge < -0.3 is 19.3 Å². The lowest BCUT2D eigenvalue weighted by molar-refractivity contribution is -0.0336. The van der Waals surface area contributed by atoms with Gasteiger partial charge in [0.2, 0.25) is 0 Å². The Morgan fingerprint density at radius 1 is 1.12 bits per heavy atom. The molecule has 3 aromatic rings. The largest absolute Gasteiger partial charge is 0.497 e. The van der Waals surface area contributed by atoms with Gasteiger partial charge in [0.05, 0.1) is 37.1 Å². The third-order valence-corrected chi connectivity index (χ3v) is 6.30. The monoisotopic (exact) mass is 460 g/mol. The number of amides is 2. The Morgan fingerprint density at radius 3 is 2.74 bits per heavy atom. The molecule has 0 N–H and O–H groups in total. The van der Waals surface area contributed by atoms with Gasteiger partial charge in [-0.2, -0.15) is 0 Å². The van der Waals surface area contributed by atoms with Gasteiger partial charge in [-0.3, -0.25) is 14.6 Å². The summed E-state index contributed by atoms with van der Waals surface area (Å²) in [5.41, 5.74) is 2.36. The molecular weight excluding hydrogens is 432 g/mol. The van der Waals surface area contributed by atoms with E-state index in [-0.39, 0.29) is 17.9 Å². The highest BCUT2D eigenvalue weighted by Gasteiger charge is 2.32. The van der Waals surface area contributed by atoms with Crippen LogP contribution in [0.4, 0.5) is 0 Å². The van der Waals surface area contributed by atoms with Crippen LogP contribution in [0.15, 0.2) is 54.7 Å². The summed E-state index contributed by atoms with van der Waals surface area (Å²) in [4.78, 5) is 39.0. The van der Waals surface area contributed by atoms with Crippen molar-refractivity contribution in [3.05, 3.63) is 66.0 Å². The van der Waals surface area contributed by atoms with Crippen molar-refractivity contribution in [2.45, 2.75) is 18.9 Å². The minimum Gasteiger partial charge on any atom is -0.497 e. The smallest absolute Gasteiger partial charge is 0.274 e. The third kappa shape index (κ3) is 5.02. The molecule has 2 fully saturated rings. The summed E-state index contributed by atoms with van der Waals surface area (Å²) in [7, 11) is 1.59. The van der Waals surface area contributed by atoms with E-state index in [9.17, 15) is 9.59 Å². The Balaban J connectivity index is 1.29. The summed E-state index contributed by atoms with van der Waals surface area (Å²) in [6.45, 7) is 2.43. The van der Waals surface area contributed by atoms with Crippen LogP contribution in [0.1, 0.15) is 33.7 Å². The van der Waals surface area contributed by atoms with E-state index >= 15 is 0 Å². The number of benzene rings is 2. The number of ether oxygens (including phenoxy) is 2. The summed E-state index contributed by atoms with van der Waals surface area (Å²) >= 11 is 0. The van der Waals surface area contributed by atoms with Gasteiger partial charge in [0.15, 0.2) is 0 Å². The van der Waals surface area contributed by atoms with Gasteiger partial charge in [0, 0.05) is 31.7 Å². The molecule has 1 aromatic heterocycles. The lowest BCUT2D eigenvalue weighted by Gasteiger charge is -2.35. The lowest BCUT2D eigenvalue weighted by atomic mass is 10.1. The summed E-state index contributed by atoms with van der Waals surface area (Å²) in [5.74, 6) is 0.973. The fraction of sp³-hybridized carbons (Fsp3) is 0.385. The normalized spacial score (nSPS) is 18.0. The molecule has 8 heteroatoms. The van der Waals surface area contributed by atoms with Gasteiger partial charge in [-0.1, -0.05) is 18.2 Å². The minimum atomic E-state index is -0.264. The quantitative estimate of drug-likeness (QED) is 0.539. The first kappa shape index (κ1) is 22.3. The second kappa shape index (κ2) is 9.77. The Morgan fingerprint density at radius 2 is 1.94 bits per heavy atom. The van der Waals surface area contributed by atoms with E-state index in [4.69, 9.17) is 9.47 Å². The summed E-state index contributed by atoms with van der Waals surface area (Å²) in [6, 6.07) is 14.7. The molecule has 2 aliphatic rings. The maximum absolute atomic E-state index is 13.3. The molecule has 2 amide bonds. The van der Waals surface area contributed by atoms with E-state index < -0.39 is 0 Å². The Labute approximate surface area is 198 Å². The number of carbonyl (C=O) groups excluding carboxylic acids is 2. The predicted octanol–water partition coefficient (Wildman–Crippen LogP) is 3.03. The van der Waals surface area contributed by atoms with E-state index in [2.05, 4.69) is 9.97 Å². The van der Waals surface area contributed by atoms with Crippen LogP contribution in [0.5, 0.6) is 5.75 Å². The zero-order valence-electron chi connectivity index (χ0n) is 19.2. The first-order chi connectivity index (χ1) is 16.6. The molecule has 2 aromatic carbocycles. The average molecular weight is 461 g/mol. The number of fused-ring (bicyclic) bond motifs is 1. The molecule has 5 rings (SSSR count). The standard InChI is InChI=1S/C26H28N4O4/c1-33-20-6-4-5-19(13-20)25(31)30(15-18-9-10-18)17-21-16-29(11-12-34-21)26(32)24-14-27-22-7-2-3-8-23(22)28-24/h2-8,13-14,18,21H,9-12,15-17H2,1H3. The van der Waals surface area contributed by atoms with Crippen LogP contribution in [0.25, 0.3) is 11.0 Å². The van der Waals surface area contributed by atoms with Crippen LogP contribution in [0.2, 0.25) is 0 Å². The van der Waals surface area contributed by atoms with Crippen molar-refractivity contribution in [2.24, 2.45) is 5.92 Å². The highest BCUT2D eigenvalue weighted by atomic mass is 16.5. The zero-order chi connectivity index (χ0) is 23.5. The second-order valence-electron chi connectivity index (χ2n) is 8.87. The molecule has 0 radical (unpaired) electrons. The van der Waals surface area contributed by atoms with Crippen molar-refractivity contribution >= 4 is 22.8 Å². The molecular formula is C26H28N4O4. The predicted molar refractivity (Wildman–Crippen MR) is 127 cm³/mol. The van der Waals surface area contributed by atoms with Gasteiger partial charge in [-0.05, 0) is 49.1 Å². The van der Waals surface area contributed by atoms with Crippen LogP contribution in [0, 0.1) is 5.92 Å². The molecule has 0 bridgehead atoms. The van der Waals surface area contributed by atoms with Crippen LogP contribution >= 0.6 is 0 Å². The number of carbonyl (C=O) groups is 2. The van der Waals surface area contributed by atoms with Crippen molar-refractivity contribution in [3.63, 3.8) is 0 Å². The van der Waals surface area contributed by atoms with Crippen molar-refractivity contribution in [2.75, 3.05) is 39.9 Å². The fourth-order valence-corrected chi connectivity index (χ4v) is 4.27. The molecule has 176 valence electrons. The number of nitrogens with zero attached hydrogens (tertiary/aromatic N) is 4. The number of para-hydroxylation sites is 2. The van der Waals surface area contributed by atoms with Gasteiger partial charge in [0.25, 0.3) is 11.8 Å². The van der Waals surface area contributed by atoms with Crippen molar-refractivity contribution in [1.82, 2.24) is 19.8 Å². The number of aromatic nitrogens is 2. The molecule has 1 saturated carbocycles. The summed E-state index contributed by atoms with van der Waals surface area (Å²) < 4.78 is 11.3. The van der Waals surface area contributed by atoms with Crippen LogP contribution < -0.4 is 4.74 Å².